The summed E-state index contributed by atoms with van der Waals surface area (Å²) >= 11 is 0. The van der Waals surface area contributed by atoms with Crippen molar-refractivity contribution in [2.75, 3.05) is 6.54 Å². The second-order valence-corrected chi connectivity index (χ2v) is 4.09. The molecule has 0 aromatic carbocycles. The second-order valence-electron chi connectivity index (χ2n) is 4.09. The van der Waals surface area contributed by atoms with E-state index in [1.54, 1.807) is 6.20 Å². The average Bonchev–Trinajstić information content (AvgIpc) is 2.78. The lowest BCUT2D eigenvalue weighted by atomic mass is 10.1. The van der Waals surface area contributed by atoms with E-state index in [0.717, 1.165) is 24.2 Å². The Hall–Kier alpha value is -1.68. The van der Waals surface area contributed by atoms with Crippen molar-refractivity contribution in [3.05, 3.63) is 48.0 Å². The second kappa shape index (κ2) is 5.59. The van der Waals surface area contributed by atoms with E-state index in [1.807, 2.05) is 36.3 Å². The Bertz CT molecular complexity index is 449. The number of nitrogens with zero attached hydrogens (tertiary/aromatic N) is 3. The summed E-state index contributed by atoms with van der Waals surface area (Å²) in [6.45, 7) is 3.13. The molecule has 2 aromatic heterocycles. The fourth-order valence-corrected chi connectivity index (χ4v) is 1.82. The molecule has 2 heterocycles. The third-order valence-electron chi connectivity index (χ3n) is 2.65. The summed E-state index contributed by atoms with van der Waals surface area (Å²) in [7, 11) is 1.93. The first kappa shape index (κ1) is 11.8. The van der Waals surface area contributed by atoms with Gasteiger partial charge in [0.1, 0.15) is 0 Å². The number of hydrogen-bond donors (Lipinski definition) is 1. The number of pyridine rings is 1. The minimum Gasteiger partial charge on any atom is -0.305 e. The summed E-state index contributed by atoms with van der Waals surface area (Å²) in [6, 6.07) is 6.21. The van der Waals surface area contributed by atoms with Crippen molar-refractivity contribution < 1.29 is 0 Å². The van der Waals surface area contributed by atoms with Gasteiger partial charge in [0.15, 0.2) is 0 Å². The van der Waals surface area contributed by atoms with E-state index in [-0.39, 0.29) is 6.04 Å². The molecule has 2 aromatic rings. The monoisotopic (exact) mass is 230 g/mol. The predicted molar refractivity (Wildman–Crippen MR) is 67.6 cm³/mol. The van der Waals surface area contributed by atoms with Gasteiger partial charge in [-0.1, -0.05) is 13.0 Å². The van der Waals surface area contributed by atoms with Gasteiger partial charge in [-0.2, -0.15) is 5.10 Å². The SMILES string of the molecule is CCCNC(c1cccnc1)c1ccn(C)n1. The first-order valence-electron chi connectivity index (χ1n) is 5.94. The van der Waals surface area contributed by atoms with Crippen LogP contribution in [0.2, 0.25) is 0 Å². The van der Waals surface area contributed by atoms with Gasteiger partial charge in [0.05, 0.1) is 11.7 Å². The Kier molecular flexibility index (Phi) is 3.88. The van der Waals surface area contributed by atoms with Gasteiger partial charge >= 0.3 is 0 Å². The maximum Gasteiger partial charge on any atom is 0.0839 e. The van der Waals surface area contributed by atoms with Gasteiger partial charge in [-0.05, 0) is 30.7 Å². The Labute approximate surface area is 102 Å². The first-order valence-corrected chi connectivity index (χ1v) is 5.94. The van der Waals surface area contributed by atoms with Crippen LogP contribution in [-0.2, 0) is 7.05 Å². The van der Waals surface area contributed by atoms with Crippen LogP contribution in [0.4, 0.5) is 0 Å². The molecule has 0 aliphatic rings. The Morgan fingerprint density at radius 2 is 2.29 bits per heavy atom. The van der Waals surface area contributed by atoms with E-state index < -0.39 is 0 Å². The van der Waals surface area contributed by atoms with E-state index >= 15 is 0 Å². The molecule has 2 rings (SSSR count). The van der Waals surface area contributed by atoms with Crippen LogP contribution in [0, 0.1) is 0 Å². The van der Waals surface area contributed by atoms with Crippen LogP contribution >= 0.6 is 0 Å². The maximum atomic E-state index is 4.47. The molecule has 0 aliphatic heterocycles. The molecule has 0 saturated heterocycles. The third kappa shape index (κ3) is 2.91. The normalized spacial score (nSPS) is 12.6. The van der Waals surface area contributed by atoms with Gasteiger partial charge in [0.25, 0.3) is 0 Å². The molecular formula is C13H18N4. The van der Waals surface area contributed by atoms with Crippen molar-refractivity contribution in [1.29, 1.82) is 0 Å². The number of nitrogens with one attached hydrogen (secondary N) is 1. The van der Waals surface area contributed by atoms with Gasteiger partial charge in [0.2, 0.25) is 0 Å². The van der Waals surface area contributed by atoms with Gasteiger partial charge in [0, 0.05) is 25.6 Å². The lowest BCUT2D eigenvalue weighted by Crippen LogP contribution is -2.23. The highest BCUT2D eigenvalue weighted by atomic mass is 15.3. The molecule has 0 spiro atoms. The predicted octanol–water partition coefficient (Wildman–Crippen LogP) is 1.90. The number of rotatable bonds is 5. The molecule has 0 fully saturated rings. The molecule has 0 amide bonds. The van der Waals surface area contributed by atoms with Crippen molar-refractivity contribution in [3.63, 3.8) is 0 Å². The number of aryl methyl sites for hydroxylation is 1. The van der Waals surface area contributed by atoms with E-state index in [9.17, 15) is 0 Å². The smallest absolute Gasteiger partial charge is 0.0839 e. The minimum absolute atomic E-state index is 0.129. The van der Waals surface area contributed by atoms with E-state index in [0.29, 0.717) is 0 Å². The summed E-state index contributed by atoms with van der Waals surface area (Å²) in [5, 5.41) is 7.97. The van der Waals surface area contributed by atoms with E-state index in [4.69, 9.17) is 0 Å². The minimum atomic E-state index is 0.129. The molecule has 17 heavy (non-hydrogen) atoms. The highest BCUT2D eigenvalue weighted by molar-refractivity contribution is 5.24. The van der Waals surface area contributed by atoms with Crippen LogP contribution in [0.3, 0.4) is 0 Å². The molecule has 0 bridgehead atoms. The van der Waals surface area contributed by atoms with Crippen molar-refractivity contribution in [2.24, 2.45) is 7.05 Å². The largest absolute Gasteiger partial charge is 0.305 e. The molecule has 4 nitrogen and oxygen atoms in total. The summed E-state index contributed by atoms with van der Waals surface area (Å²) in [6.07, 6.45) is 6.75. The maximum absolute atomic E-state index is 4.47. The molecule has 1 atom stereocenters. The molecular weight excluding hydrogens is 212 g/mol. The van der Waals surface area contributed by atoms with E-state index in [1.165, 1.54) is 0 Å². The molecule has 1 N–H and O–H groups in total. The first-order chi connectivity index (χ1) is 8.31. The quantitative estimate of drug-likeness (QED) is 0.853. The zero-order chi connectivity index (χ0) is 12.1. The zero-order valence-corrected chi connectivity index (χ0v) is 10.3. The Balaban J connectivity index is 2.25. The summed E-state index contributed by atoms with van der Waals surface area (Å²) in [5.41, 5.74) is 2.19. The van der Waals surface area contributed by atoms with Crippen molar-refractivity contribution in [1.82, 2.24) is 20.1 Å². The molecule has 0 saturated carbocycles. The molecule has 90 valence electrons. The molecule has 4 heteroatoms. The van der Waals surface area contributed by atoms with E-state index in [2.05, 4.69) is 28.4 Å². The molecule has 0 radical (unpaired) electrons. The Morgan fingerprint density at radius 3 is 2.88 bits per heavy atom. The van der Waals surface area contributed by atoms with Crippen LogP contribution in [0.15, 0.2) is 36.8 Å². The molecule has 1 unspecified atom stereocenters. The number of aromatic nitrogens is 3. The summed E-state index contributed by atoms with van der Waals surface area (Å²) in [5.74, 6) is 0. The Morgan fingerprint density at radius 1 is 1.41 bits per heavy atom. The highest BCUT2D eigenvalue weighted by Crippen LogP contribution is 2.19. The van der Waals surface area contributed by atoms with Crippen molar-refractivity contribution in [3.8, 4) is 0 Å². The number of hydrogen-bond acceptors (Lipinski definition) is 3. The van der Waals surface area contributed by atoms with Gasteiger partial charge in [-0.25, -0.2) is 0 Å². The van der Waals surface area contributed by atoms with Crippen LogP contribution in [-0.4, -0.2) is 21.3 Å². The fourth-order valence-electron chi connectivity index (χ4n) is 1.82. The topological polar surface area (TPSA) is 42.7 Å². The van der Waals surface area contributed by atoms with Crippen LogP contribution in [0.25, 0.3) is 0 Å². The fraction of sp³-hybridized carbons (Fsp3) is 0.385. The van der Waals surface area contributed by atoms with Crippen LogP contribution in [0.5, 0.6) is 0 Å². The van der Waals surface area contributed by atoms with Gasteiger partial charge < -0.3 is 5.32 Å². The lowest BCUT2D eigenvalue weighted by Gasteiger charge is -2.16. The third-order valence-corrected chi connectivity index (χ3v) is 2.65. The van der Waals surface area contributed by atoms with Gasteiger partial charge in [-0.15, -0.1) is 0 Å². The molecule has 0 aliphatic carbocycles. The summed E-state index contributed by atoms with van der Waals surface area (Å²) < 4.78 is 1.83. The zero-order valence-electron chi connectivity index (χ0n) is 10.3. The standard InChI is InChI=1S/C13H18N4/c1-3-7-15-13(11-5-4-8-14-10-11)12-6-9-17(2)16-12/h4-6,8-10,13,15H,3,7H2,1-2H3. The summed E-state index contributed by atoms with van der Waals surface area (Å²) in [4.78, 5) is 4.17. The van der Waals surface area contributed by atoms with Crippen molar-refractivity contribution in [2.45, 2.75) is 19.4 Å². The highest BCUT2D eigenvalue weighted by Gasteiger charge is 2.15. The average molecular weight is 230 g/mol. The van der Waals surface area contributed by atoms with Crippen LogP contribution in [0.1, 0.15) is 30.6 Å². The van der Waals surface area contributed by atoms with Crippen LogP contribution < -0.4 is 5.32 Å². The van der Waals surface area contributed by atoms with Gasteiger partial charge in [-0.3, -0.25) is 9.67 Å². The van der Waals surface area contributed by atoms with Crippen molar-refractivity contribution >= 4 is 0 Å². The lowest BCUT2D eigenvalue weighted by molar-refractivity contribution is 0.574.